The van der Waals surface area contributed by atoms with Gasteiger partial charge in [-0.05, 0) is 50.5 Å². The van der Waals surface area contributed by atoms with Crippen molar-refractivity contribution in [1.82, 2.24) is 20.2 Å². The van der Waals surface area contributed by atoms with Crippen LogP contribution < -0.4 is 20.9 Å². The zero-order chi connectivity index (χ0) is 33.8. The van der Waals surface area contributed by atoms with E-state index in [2.05, 4.69) is 20.9 Å². The van der Waals surface area contributed by atoms with Crippen molar-refractivity contribution in [2.75, 3.05) is 23.3 Å². The third-order valence-corrected chi connectivity index (χ3v) is 9.10. The van der Waals surface area contributed by atoms with Crippen LogP contribution in [0, 0.1) is 5.92 Å². The molecule has 1 aliphatic carbocycles. The summed E-state index contributed by atoms with van der Waals surface area (Å²) in [5.74, 6) is -5.54. The predicted octanol–water partition coefficient (Wildman–Crippen LogP) is 7.29. The lowest BCUT2D eigenvalue weighted by atomic mass is 9.88. The second kappa shape index (κ2) is 12.3. The first-order valence-electron chi connectivity index (χ1n) is 14.6. The normalized spacial score (nSPS) is 17.6. The third kappa shape index (κ3) is 7.12. The highest BCUT2D eigenvalue weighted by Gasteiger charge is 2.46. The van der Waals surface area contributed by atoms with Crippen LogP contribution in [0.1, 0.15) is 55.5 Å². The molecule has 2 heterocycles. The van der Waals surface area contributed by atoms with Gasteiger partial charge in [0, 0.05) is 45.6 Å². The summed E-state index contributed by atoms with van der Waals surface area (Å²) in [6, 6.07) is 5.49. The van der Waals surface area contributed by atoms with E-state index < -0.39 is 54.4 Å². The summed E-state index contributed by atoms with van der Waals surface area (Å²) in [5.41, 5.74) is -0.106. The summed E-state index contributed by atoms with van der Waals surface area (Å²) in [4.78, 5) is 31.7. The molecule has 2 amide bonds. The Balaban J connectivity index is 1.47. The number of hydrogen-bond donors (Lipinski definition) is 3. The molecular formula is C30H32Cl2F6N6O2. The van der Waals surface area contributed by atoms with Gasteiger partial charge in [0.1, 0.15) is 0 Å². The fourth-order valence-corrected chi connectivity index (χ4v) is 6.13. The number of imidazole rings is 1. The first kappa shape index (κ1) is 34.0. The van der Waals surface area contributed by atoms with E-state index in [1.165, 1.54) is 12.1 Å². The number of hydrogen-bond acceptors (Lipinski definition) is 5. The maximum Gasteiger partial charge on any atom is 0.391 e. The van der Waals surface area contributed by atoms with Crippen LogP contribution in [0.4, 0.5) is 43.7 Å². The molecule has 250 valence electrons. The molecule has 0 bridgehead atoms. The number of nitrogens with zero attached hydrogens (tertiary/aromatic N) is 3. The van der Waals surface area contributed by atoms with Crippen LogP contribution in [-0.4, -0.2) is 58.3 Å². The topological polar surface area (TPSA) is 91.3 Å². The second-order valence-corrected chi connectivity index (χ2v) is 13.1. The summed E-state index contributed by atoms with van der Waals surface area (Å²) in [6.45, 7) is 2.24. The maximum atomic E-state index is 14.0. The number of anilines is 3. The van der Waals surface area contributed by atoms with Crippen molar-refractivity contribution in [1.29, 1.82) is 0 Å². The first-order valence-corrected chi connectivity index (χ1v) is 15.3. The number of halogens is 8. The highest BCUT2D eigenvalue weighted by atomic mass is 35.5. The number of amides is 2. The number of piperidine rings is 1. The number of aromatic nitrogens is 2. The van der Waals surface area contributed by atoms with E-state index in [4.69, 9.17) is 23.2 Å². The minimum Gasteiger partial charge on any atom is -0.371 e. The van der Waals surface area contributed by atoms with Crippen molar-refractivity contribution in [2.45, 2.75) is 69.9 Å². The molecule has 1 aliphatic heterocycles. The van der Waals surface area contributed by atoms with E-state index in [-0.39, 0.29) is 59.7 Å². The summed E-state index contributed by atoms with van der Waals surface area (Å²) in [5, 5.41) is 8.51. The molecule has 5 rings (SSSR count). The van der Waals surface area contributed by atoms with Gasteiger partial charge in [-0.1, -0.05) is 29.3 Å². The molecule has 1 aromatic heterocycles. The Bertz CT molecular complexity index is 1660. The summed E-state index contributed by atoms with van der Waals surface area (Å²) in [7, 11) is 1.67. The van der Waals surface area contributed by atoms with Crippen molar-refractivity contribution >= 4 is 63.4 Å². The fraction of sp³-hybridized carbons (Fsp3) is 0.500. The summed E-state index contributed by atoms with van der Waals surface area (Å²) >= 11 is 13.1. The van der Waals surface area contributed by atoms with Crippen molar-refractivity contribution in [3.05, 3.63) is 45.4 Å². The molecule has 0 atom stereocenters. The van der Waals surface area contributed by atoms with Crippen LogP contribution in [0.2, 0.25) is 10.0 Å². The SMILES string of the molecule is Cn1c(Nc2c(Cl)ccc(CNC(=O)C(C)(C)F)c2Cl)nc2cc(C(=O)NC3CC(F)(F)C3)c(N3CCC(C(F)(F)F)CC3)cc21. The van der Waals surface area contributed by atoms with Gasteiger partial charge >= 0.3 is 6.18 Å². The molecule has 3 aromatic rings. The monoisotopic (exact) mass is 692 g/mol. The van der Waals surface area contributed by atoms with Crippen LogP contribution in [0.15, 0.2) is 24.3 Å². The van der Waals surface area contributed by atoms with Crippen LogP contribution in [-0.2, 0) is 18.4 Å². The van der Waals surface area contributed by atoms with Gasteiger partial charge in [-0.2, -0.15) is 13.2 Å². The molecule has 2 aromatic carbocycles. The smallest absolute Gasteiger partial charge is 0.371 e. The van der Waals surface area contributed by atoms with Crippen molar-refractivity contribution < 1.29 is 35.9 Å². The van der Waals surface area contributed by atoms with Gasteiger partial charge in [-0.3, -0.25) is 9.59 Å². The highest BCUT2D eigenvalue weighted by Crippen LogP contribution is 2.40. The quantitative estimate of drug-likeness (QED) is 0.216. The van der Waals surface area contributed by atoms with E-state index in [0.717, 1.165) is 13.8 Å². The standard InChI is InChI=1S/C30H32Cl2F6N6O2/c1-28(2,33)26(46)39-14-15-4-5-19(31)24(23(15)32)42-27-41-20-10-18(25(45)40-17-12-29(34,35)13-17)21(11-22(20)43(27)3)44-8-6-16(7-9-44)30(36,37)38/h4-5,10-11,16-17H,6-9,12-14H2,1-3H3,(H,39,46)(H,40,45)(H,41,42). The Morgan fingerprint density at radius 2 is 1.72 bits per heavy atom. The number of rotatable bonds is 8. The van der Waals surface area contributed by atoms with E-state index in [1.54, 1.807) is 28.6 Å². The lowest BCUT2D eigenvalue weighted by Gasteiger charge is -2.37. The second-order valence-electron chi connectivity index (χ2n) is 12.3. The molecule has 16 heteroatoms. The Hall–Kier alpha value is -3.39. The van der Waals surface area contributed by atoms with Gasteiger partial charge in [0.15, 0.2) is 5.67 Å². The van der Waals surface area contributed by atoms with E-state index in [9.17, 15) is 35.9 Å². The molecular weight excluding hydrogens is 661 g/mol. The predicted molar refractivity (Wildman–Crippen MR) is 164 cm³/mol. The van der Waals surface area contributed by atoms with Gasteiger partial charge in [0.2, 0.25) is 5.95 Å². The van der Waals surface area contributed by atoms with Gasteiger partial charge < -0.3 is 25.4 Å². The number of aryl methyl sites for hydroxylation is 1. The van der Waals surface area contributed by atoms with Crippen molar-refractivity contribution in [2.24, 2.45) is 13.0 Å². The highest BCUT2D eigenvalue weighted by molar-refractivity contribution is 6.39. The van der Waals surface area contributed by atoms with Gasteiger partial charge in [0.05, 0.1) is 43.9 Å². The number of alkyl halides is 6. The van der Waals surface area contributed by atoms with Gasteiger partial charge in [-0.25, -0.2) is 18.2 Å². The maximum absolute atomic E-state index is 14.0. The average Bonchev–Trinajstić information content (AvgIpc) is 3.26. The van der Waals surface area contributed by atoms with Gasteiger partial charge in [-0.15, -0.1) is 0 Å². The summed E-state index contributed by atoms with van der Waals surface area (Å²) in [6.07, 6.45) is -5.65. The Morgan fingerprint density at radius 3 is 2.30 bits per heavy atom. The number of fused-ring (bicyclic) bond motifs is 1. The molecule has 0 spiro atoms. The molecule has 0 unspecified atom stereocenters. The minimum absolute atomic E-state index is 0.0363. The zero-order valence-electron chi connectivity index (χ0n) is 25.1. The van der Waals surface area contributed by atoms with Crippen LogP contribution in [0.5, 0.6) is 0 Å². The van der Waals surface area contributed by atoms with Gasteiger partial charge in [0.25, 0.3) is 17.7 Å². The van der Waals surface area contributed by atoms with Crippen LogP contribution in [0.25, 0.3) is 11.0 Å². The molecule has 2 aliphatic rings. The van der Waals surface area contributed by atoms with E-state index >= 15 is 0 Å². The molecule has 3 N–H and O–H groups in total. The largest absolute Gasteiger partial charge is 0.391 e. The first-order chi connectivity index (χ1) is 21.3. The third-order valence-electron chi connectivity index (χ3n) is 8.35. The average molecular weight is 694 g/mol. The molecule has 46 heavy (non-hydrogen) atoms. The molecule has 2 fully saturated rings. The number of carbonyl (C=O) groups is 2. The van der Waals surface area contributed by atoms with Crippen LogP contribution in [0.3, 0.4) is 0 Å². The zero-order valence-corrected chi connectivity index (χ0v) is 26.6. The summed E-state index contributed by atoms with van der Waals surface area (Å²) < 4.78 is 82.6. The lowest BCUT2D eigenvalue weighted by Crippen LogP contribution is -2.50. The Labute approximate surface area is 270 Å². The Morgan fingerprint density at radius 1 is 1.07 bits per heavy atom. The lowest BCUT2D eigenvalue weighted by molar-refractivity contribution is -0.179. The molecule has 0 radical (unpaired) electrons. The van der Waals surface area contributed by atoms with E-state index in [1.807, 2.05) is 0 Å². The molecule has 1 saturated heterocycles. The minimum atomic E-state index is -4.33. The number of benzene rings is 2. The fourth-order valence-electron chi connectivity index (χ4n) is 5.60. The molecule has 8 nitrogen and oxygen atoms in total. The molecule has 1 saturated carbocycles. The van der Waals surface area contributed by atoms with Crippen LogP contribution >= 0.6 is 23.2 Å². The number of carbonyl (C=O) groups excluding carboxylic acids is 2. The Kier molecular flexibility index (Phi) is 9.10. The van der Waals surface area contributed by atoms with Crippen molar-refractivity contribution in [3.63, 3.8) is 0 Å². The van der Waals surface area contributed by atoms with E-state index in [0.29, 0.717) is 22.3 Å². The van der Waals surface area contributed by atoms with Crippen molar-refractivity contribution in [3.8, 4) is 0 Å². The number of nitrogens with one attached hydrogen (secondary N) is 3.